The van der Waals surface area contributed by atoms with Crippen LogP contribution in [0.5, 0.6) is 0 Å². The number of aromatic nitrogens is 2. The Morgan fingerprint density at radius 3 is 2.56 bits per heavy atom. The Morgan fingerprint density at radius 2 is 1.96 bits per heavy atom. The minimum atomic E-state index is -0.723. The first-order valence-corrected chi connectivity index (χ1v) is 7.76. The number of anilines is 2. The fraction of sp³-hybridized carbons (Fsp3) is 0.278. The number of aryl methyl sites for hydroxylation is 2. The number of nitrogens with one attached hydrogen (secondary N) is 2. The summed E-state index contributed by atoms with van der Waals surface area (Å²) in [5.74, 6) is 1.65. The average Bonchev–Trinajstić information content (AvgIpc) is 2.55. The van der Waals surface area contributed by atoms with E-state index in [0.29, 0.717) is 6.42 Å². The van der Waals surface area contributed by atoms with Gasteiger partial charge in [0.2, 0.25) is 5.91 Å². The number of nitrogen functional groups attached to an aromatic ring is 1. The third-order valence-corrected chi connectivity index (χ3v) is 3.98. The van der Waals surface area contributed by atoms with Gasteiger partial charge in [-0.05, 0) is 37.0 Å². The second-order valence-corrected chi connectivity index (χ2v) is 5.73. The van der Waals surface area contributed by atoms with Gasteiger partial charge in [-0.1, -0.05) is 24.1 Å². The number of hydrogen-bond acceptors (Lipinski definition) is 4. The summed E-state index contributed by atoms with van der Waals surface area (Å²) in [5, 5.41) is 2.48. The molecule has 0 saturated heterocycles. The summed E-state index contributed by atoms with van der Waals surface area (Å²) in [6.45, 7) is 3.76. The lowest BCUT2D eigenvalue weighted by molar-refractivity contribution is -0.116. The predicted octanol–water partition coefficient (Wildman–Crippen LogP) is 0.940. The van der Waals surface area contributed by atoms with Gasteiger partial charge < -0.3 is 11.1 Å². The highest BCUT2D eigenvalue weighted by Crippen LogP contribution is 2.16. The summed E-state index contributed by atoms with van der Waals surface area (Å²) < 4.78 is 0.803. The molecule has 0 aliphatic rings. The van der Waals surface area contributed by atoms with Gasteiger partial charge in [-0.3, -0.25) is 14.6 Å². The van der Waals surface area contributed by atoms with E-state index in [-0.39, 0.29) is 30.4 Å². The molecule has 25 heavy (non-hydrogen) atoms. The summed E-state index contributed by atoms with van der Waals surface area (Å²) in [7, 11) is 0. The minimum Gasteiger partial charge on any atom is -0.383 e. The van der Waals surface area contributed by atoms with Gasteiger partial charge in [-0.2, -0.15) is 0 Å². The van der Waals surface area contributed by atoms with E-state index >= 15 is 0 Å². The third kappa shape index (κ3) is 3.98. The van der Waals surface area contributed by atoms with Crippen molar-refractivity contribution in [2.45, 2.75) is 33.2 Å². The van der Waals surface area contributed by atoms with Gasteiger partial charge in [0.25, 0.3) is 5.56 Å². The molecule has 1 amide bonds. The number of nitrogens with two attached hydrogens (primary N) is 1. The van der Waals surface area contributed by atoms with Crippen molar-refractivity contribution in [3.63, 3.8) is 0 Å². The highest BCUT2D eigenvalue weighted by molar-refractivity contribution is 5.93. The first-order valence-electron chi connectivity index (χ1n) is 7.76. The highest BCUT2D eigenvalue weighted by Gasteiger charge is 2.15. The van der Waals surface area contributed by atoms with Crippen LogP contribution in [0, 0.1) is 26.2 Å². The van der Waals surface area contributed by atoms with Crippen LogP contribution in [-0.2, 0) is 17.8 Å². The minimum absolute atomic E-state index is 0.165. The number of hydrogen-bond donors (Lipinski definition) is 3. The standard InChI is InChI=1S/C18H20N4O3/c1-4-10-22-17(24)15(16(19)21-18(22)25)20-14(23)9-8-13-11(2)6-5-7-12(13)3/h1,5-7H,8-10,19H2,2-3H3,(H,20,23)(H,21,25). The SMILES string of the molecule is C#CCn1c(=O)[nH]c(N)c(NC(=O)CCc2c(C)cccc2C)c1=O. The maximum atomic E-state index is 12.3. The molecule has 7 heteroatoms. The molecule has 7 nitrogen and oxygen atoms in total. The zero-order chi connectivity index (χ0) is 18.6. The van der Waals surface area contributed by atoms with Crippen molar-refractivity contribution in [1.29, 1.82) is 0 Å². The van der Waals surface area contributed by atoms with Crippen LogP contribution in [0.2, 0.25) is 0 Å². The number of terminal acetylenes is 1. The van der Waals surface area contributed by atoms with Crippen molar-refractivity contribution in [2.24, 2.45) is 0 Å². The van der Waals surface area contributed by atoms with E-state index in [1.807, 2.05) is 32.0 Å². The lowest BCUT2D eigenvalue weighted by Gasteiger charge is -2.11. The summed E-state index contributed by atoms with van der Waals surface area (Å²) >= 11 is 0. The van der Waals surface area contributed by atoms with Crippen LogP contribution in [0.25, 0.3) is 0 Å². The topological polar surface area (TPSA) is 110 Å². The fourth-order valence-electron chi connectivity index (χ4n) is 2.63. The number of nitrogens with zero attached hydrogens (tertiary/aromatic N) is 1. The van der Waals surface area contributed by atoms with Crippen LogP contribution < -0.4 is 22.3 Å². The van der Waals surface area contributed by atoms with Crippen molar-refractivity contribution in [3.05, 3.63) is 55.7 Å². The Kier molecular flexibility index (Phi) is 5.45. The highest BCUT2D eigenvalue weighted by atomic mass is 16.2. The van der Waals surface area contributed by atoms with Gasteiger partial charge in [-0.15, -0.1) is 6.42 Å². The Bertz CT molecular complexity index is 944. The van der Waals surface area contributed by atoms with E-state index in [2.05, 4.69) is 16.2 Å². The molecule has 130 valence electrons. The van der Waals surface area contributed by atoms with Crippen LogP contribution in [0.4, 0.5) is 11.5 Å². The second kappa shape index (κ2) is 7.53. The second-order valence-electron chi connectivity index (χ2n) is 5.73. The van der Waals surface area contributed by atoms with E-state index < -0.39 is 11.2 Å². The van der Waals surface area contributed by atoms with Crippen LogP contribution >= 0.6 is 0 Å². The number of H-pyrrole nitrogens is 1. The molecule has 1 heterocycles. The Hall–Kier alpha value is -3.27. The first kappa shape index (κ1) is 18.1. The fourth-order valence-corrected chi connectivity index (χ4v) is 2.63. The van der Waals surface area contributed by atoms with Crippen molar-refractivity contribution >= 4 is 17.4 Å². The summed E-state index contributed by atoms with van der Waals surface area (Å²) in [6.07, 6.45) is 5.86. The molecule has 0 fully saturated rings. The van der Waals surface area contributed by atoms with Gasteiger partial charge in [0.15, 0.2) is 0 Å². The molecule has 2 aromatic rings. The molecular weight excluding hydrogens is 320 g/mol. The van der Waals surface area contributed by atoms with Crippen molar-refractivity contribution in [1.82, 2.24) is 9.55 Å². The smallest absolute Gasteiger partial charge is 0.330 e. The van der Waals surface area contributed by atoms with Crippen LogP contribution in [0.3, 0.4) is 0 Å². The van der Waals surface area contributed by atoms with Gasteiger partial charge >= 0.3 is 5.69 Å². The summed E-state index contributed by atoms with van der Waals surface area (Å²) in [4.78, 5) is 38.5. The molecule has 2 rings (SSSR count). The predicted molar refractivity (Wildman–Crippen MR) is 97.4 cm³/mol. The van der Waals surface area contributed by atoms with E-state index in [1.54, 1.807) is 0 Å². The maximum Gasteiger partial charge on any atom is 0.330 e. The normalized spacial score (nSPS) is 10.3. The molecule has 0 spiro atoms. The lowest BCUT2D eigenvalue weighted by Crippen LogP contribution is -2.38. The number of amides is 1. The van der Waals surface area contributed by atoms with E-state index in [1.165, 1.54) is 0 Å². The Labute approximate surface area is 144 Å². The molecule has 0 saturated carbocycles. The van der Waals surface area contributed by atoms with Gasteiger partial charge in [0, 0.05) is 6.42 Å². The Balaban J connectivity index is 2.19. The van der Waals surface area contributed by atoms with Crippen LogP contribution in [0.15, 0.2) is 27.8 Å². The zero-order valence-corrected chi connectivity index (χ0v) is 14.2. The monoisotopic (exact) mass is 340 g/mol. The molecule has 4 N–H and O–H groups in total. The average molecular weight is 340 g/mol. The van der Waals surface area contributed by atoms with Crippen molar-refractivity contribution < 1.29 is 4.79 Å². The van der Waals surface area contributed by atoms with Crippen molar-refractivity contribution in [3.8, 4) is 12.3 Å². The number of aromatic amines is 1. The molecule has 0 aliphatic heterocycles. The maximum absolute atomic E-state index is 12.3. The number of carbonyl (C=O) groups is 1. The molecule has 0 aliphatic carbocycles. The molecule has 0 unspecified atom stereocenters. The van der Waals surface area contributed by atoms with Crippen LogP contribution in [-0.4, -0.2) is 15.5 Å². The molecule has 0 atom stereocenters. The third-order valence-electron chi connectivity index (χ3n) is 3.98. The number of rotatable bonds is 5. The van der Waals surface area contributed by atoms with Crippen molar-refractivity contribution in [2.75, 3.05) is 11.1 Å². The van der Waals surface area contributed by atoms with Gasteiger partial charge in [0.05, 0.1) is 6.54 Å². The molecule has 1 aromatic heterocycles. The number of carbonyl (C=O) groups excluding carboxylic acids is 1. The molecule has 0 bridgehead atoms. The molecule has 1 aromatic carbocycles. The summed E-state index contributed by atoms with van der Waals surface area (Å²) in [5.41, 5.74) is 7.36. The molecule has 0 radical (unpaired) electrons. The lowest BCUT2D eigenvalue weighted by atomic mass is 9.98. The largest absolute Gasteiger partial charge is 0.383 e. The Morgan fingerprint density at radius 1 is 1.32 bits per heavy atom. The van der Waals surface area contributed by atoms with Crippen LogP contribution in [0.1, 0.15) is 23.1 Å². The molecular formula is C18H20N4O3. The number of benzene rings is 1. The summed E-state index contributed by atoms with van der Waals surface area (Å²) in [6, 6.07) is 5.93. The quantitative estimate of drug-likeness (QED) is 0.704. The zero-order valence-electron chi connectivity index (χ0n) is 14.2. The van der Waals surface area contributed by atoms with E-state index in [9.17, 15) is 14.4 Å². The van der Waals surface area contributed by atoms with Gasteiger partial charge in [0.1, 0.15) is 11.5 Å². The first-order chi connectivity index (χ1) is 11.8. The van der Waals surface area contributed by atoms with Gasteiger partial charge in [-0.25, -0.2) is 9.36 Å². The van der Waals surface area contributed by atoms with E-state index in [4.69, 9.17) is 12.2 Å². The van der Waals surface area contributed by atoms with E-state index in [0.717, 1.165) is 21.3 Å².